The number of anilines is 1. The number of hydrogen-bond acceptors (Lipinski definition) is 4. The fourth-order valence-corrected chi connectivity index (χ4v) is 2.50. The number of methoxy groups -OCH3 is 2. The number of fused-ring (bicyclic) bond motifs is 1. The van der Waals surface area contributed by atoms with Gasteiger partial charge in [0.25, 0.3) is 0 Å². The largest absolute Gasteiger partial charge is 0.495 e. The van der Waals surface area contributed by atoms with Gasteiger partial charge >= 0.3 is 0 Å². The van der Waals surface area contributed by atoms with Gasteiger partial charge in [0.1, 0.15) is 17.3 Å². The van der Waals surface area contributed by atoms with Crippen molar-refractivity contribution in [3.05, 3.63) is 41.6 Å². The van der Waals surface area contributed by atoms with E-state index in [1.54, 1.807) is 30.8 Å². The van der Waals surface area contributed by atoms with Gasteiger partial charge in [-0.15, -0.1) is 0 Å². The normalized spacial score (nSPS) is 10.8. The first-order chi connectivity index (χ1) is 10.2. The molecule has 2 heterocycles. The molecule has 108 valence electrons. The first-order valence-electron chi connectivity index (χ1n) is 6.30. The highest BCUT2D eigenvalue weighted by Crippen LogP contribution is 2.34. The van der Waals surface area contributed by atoms with Gasteiger partial charge in [-0.3, -0.25) is 4.40 Å². The van der Waals surface area contributed by atoms with Crippen LogP contribution in [0.5, 0.6) is 11.5 Å². The smallest absolute Gasteiger partial charge is 0.181 e. The lowest BCUT2D eigenvalue weighted by Gasteiger charge is -2.05. The van der Waals surface area contributed by atoms with Gasteiger partial charge in [0.2, 0.25) is 0 Å². The molecule has 0 bridgehead atoms. The third-order valence-electron chi connectivity index (χ3n) is 3.30. The Hall–Kier alpha value is -2.40. The Labute approximate surface area is 126 Å². The quantitative estimate of drug-likeness (QED) is 0.807. The topological polar surface area (TPSA) is 61.8 Å². The van der Waals surface area contributed by atoms with Gasteiger partial charge in [-0.05, 0) is 30.3 Å². The van der Waals surface area contributed by atoms with Crippen molar-refractivity contribution >= 4 is 23.1 Å². The Balaban J connectivity index is 2.21. The number of halogens is 1. The average molecular weight is 304 g/mol. The second-order valence-corrected chi connectivity index (χ2v) is 4.87. The highest BCUT2D eigenvalue weighted by atomic mass is 35.5. The Morgan fingerprint density at radius 3 is 2.57 bits per heavy atom. The number of ether oxygens (including phenoxy) is 2. The summed E-state index contributed by atoms with van der Waals surface area (Å²) in [7, 11) is 3.18. The van der Waals surface area contributed by atoms with Crippen LogP contribution in [-0.2, 0) is 0 Å². The number of pyridine rings is 1. The molecule has 0 spiro atoms. The molecule has 1 aromatic carbocycles. The number of rotatable bonds is 3. The van der Waals surface area contributed by atoms with Crippen molar-refractivity contribution in [1.82, 2.24) is 9.38 Å². The first kappa shape index (κ1) is 13.6. The van der Waals surface area contributed by atoms with E-state index in [0.717, 1.165) is 5.56 Å². The second kappa shape index (κ2) is 5.18. The lowest BCUT2D eigenvalue weighted by atomic mass is 10.1. The molecule has 0 radical (unpaired) electrons. The molecule has 0 aliphatic carbocycles. The third kappa shape index (κ3) is 2.15. The van der Waals surface area contributed by atoms with Crippen LogP contribution >= 0.6 is 11.6 Å². The number of nitrogens with two attached hydrogens (primary N) is 1. The molecule has 0 aliphatic rings. The maximum absolute atomic E-state index is 6.19. The molecule has 2 aromatic heterocycles. The minimum absolute atomic E-state index is 0.512. The molecule has 0 unspecified atom stereocenters. The van der Waals surface area contributed by atoms with Crippen LogP contribution < -0.4 is 15.2 Å². The van der Waals surface area contributed by atoms with E-state index in [-0.39, 0.29) is 0 Å². The fourth-order valence-electron chi connectivity index (χ4n) is 2.25. The van der Waals surface area contributed by atoms with Crippen molar-refractivity contribution in [2.24, 2.45) is 0 Å². The van der Waals surface area contributed by atoms with Crippen LogP contribution in [0.1, 0.15) is 0 Å². The molecule has 0 amide bonds. The number of aromatic nitrogens is 2. The van der Waals surface area contributed by atoms with Crippen LogP contribution in [0.4, 0.5) is 5.82 Å². The summed E-state index contributed by atoms with van der Waals surface area (Å²) in [5.74, 6) is 1.81. The van der Waals surface area contributed by atoms with E-state index >= 15 is 0 Å². The molecule has 3 rings (SSSR count). The molecule has 0 saturated heterocycles. The van der Waals surface area contributed by atoms with E-state index in [2.05, 4.69) is 4.98 Å². The van der Waals surface area contributed by atoms with Gasteiger partial charge in [-0.2, -0.15) is 0 Å². The summed E-state index contributed by atoms with van der Waals surface area (Å²) >= 11 is 6.16. The maximum atomic E-state index is 6.19. The average Bonchev–Trinajstić information content (AvgIpc) is 2.84. The predicted octanol–water partition coefficient (Wildman–Crippen LogP) is 3.25. The Bertz CT molecular complexity index is 814. The van der Waals surface area contributed by atoms with Crippen molar-refractivity contribution in [3.8, 4) is 22.8 Å². The zero-order valence-electron chi connectivity index (χ0n) is 11.6. The van der Waals surface area contributed by atoms with Crippen LogP contribution in [0.3, 0.4) is 0 Å². The van der Waals surface area contributed by atoms with Crippen LogP contribution in [0.25, 0.3) is 16.9 Å². The number of nitrogens with zero attached hydrogens (tertiary/aromatic N) is 2. The minimum atomic E-state index is 0.512. The maximum Gasteiger partial charge on any atom is 0.181 e. The van der Waals surface area contributed by atoms with Crippen LogP contribution in [-0.4, -0.2) is 23.6 Å². The third-order valence-corrected chi connectivity index (χ3v) is 3.59. The lowest BCUT2D eigenvalue weighted by molar-refractivity contribution is 0.415. The number of imidazole rings is 1. The second-order valence-electron chi connectivity index (χ2n) is 4.47. The molecular weight excluding hydrogens is 290 g/mol. The van der Waals surface area contributed by atoms with E-state index < -0.39 is 0 Å². The Morgan fingerprint density at radius 1 is 1.14 bits per heavy atom. The van der Waals surface area contributed by atoms with Crippen LogP contribution in [0.2, 0.25) is 5.02 Å². The number of hydrogen-bond donors (Lipinski definition) is 1. The van der Waals surface area contributed by atoms with Gasteiger partial charge in [0.15, 0.2) is 11.4 Å². The summed E-state index contributed by atoms with van der Waals surface area (Å²) in [6.45, 7) is 0. The van der Waals surface area contributed by atoms with Crippen molar-refractivity contribution in [2.45, 2.75) is 0 Å². The summed E-state index contributed by atoms with van der Waals surface area (Å²) in [6.07, 6.45) is 1.84. The van der Waals surface area contributed by atoms with Gasteiger partial charge in [0.05, 0.1) is 19.2 Å². The number of nitrogen functional groups attached to an aromatic ring is 1. The summed E-state index contributed by atoms with van der Waals surface area (Å²) in [6, 6.07) is 9.14. The standard InChI is InChI=1S/C15H14ClN3O2/c1-20-11-6-5-9(8-10(11)16)13-14(17)19-7-3-4-12(21-2)15(19)18-13/h3-8H,17H2,1-2H3. The van der Waals surface area contributed by atoms with Gasteiger partial charge < -0.3 is 15.2 Å². The lowest BCUT2D eigenvalue weighted by Crippen LogP contribution is -1.95. The fraction of sp³-hybridized carbons (Fsp3) is 0.133. The zero-order valence-corrected chi connectivity index (χ0v) is 12.4. The summed E-state index contributed by atoms with van der Waals surface area (Å²) < 4.78 is 12.2. The van der Waals surface area contributed by atoms with Crippen molar-refractivity contribution in [1.29, 1.82) is 0 Å². The number of benzene rings is 1. The van der Waals surface area contributed by atoms with Crippen molar-refractivity contribution in [2.75, 3.05) is 20.0 Å². The molecule has 21 heavy (non-hydrogen) atoms. The molecule has 0 atom stereocenters. The van der Waals surface area contributed by atoms with Crippen LogP contribution in [0, 0.1) is 0 Å². The minimum Gasteiger partial charge on any atom is -0.495 e. The summed E-state index contributed by atoms with van der Waals surface area (Å²) in [5, 5.41) is 0.512. The van der Waals surface area contributed by atoms with Crippen molar-refractivity contribution < 1.29 is 9.47 Å². The highest BCUT2D eigenvalue weighted by molar-refractivity contribution is 6.32. The Morgan fingerprint density at radius 2 is 1.90 bits per heavy atom. The van der Waals surface area contributed by atoms with Gasteiger partial charge in [0, 0.05) is 11.8 Å². The van der Waals surface area contributed by atoms with Gasteiger partial charge in [-0.25, -0.2) is 4.98 Å². The Kier molecular flexibility index (Phi) is 3.35. The molecular formula is C15H14ClN3O2. The molecule has 6 heteroatoms. The van der Waals surface area contributed by atoms with E-state index in [9.17, 15) is 0 Å². The summed E-state index contributed by atoms with van der Waals surface area (Å²) in [4.78, 5) is 4.56. The molecule has 2 N–H and O–H groups in total. The predicted molar refractivity (Wildman–Crippen MR) is 83.2 cm³/mol. The van der Waals surface area contributed by atoms with E-state index in [1.165, 1.54) is 0 Å². The molecule has 0 fully saturated rings. The van der Waals surface area contributed by atoms with E-state index in [1.807, 2.05) is 24.4 Å². The molecule has 0 aliphatic heterocycles. The molecule has 3 aromatic rings. The van der Waals surface area contributed by atoms with E-state index in [4.69, 9.17) is 26.8 Å². The van der Waals surface area contributed by atoms with Crippen LogP contribution in [0.15, 0.2) is 36.5 Å². The first-order valence-corrected chi connectivity index (χ1v) is 6.68. The van der Waals surface area contributed by atoms with E-state index in [0.29, 0.717) is 33.7 Å². The summed E-state index contributed by atoms with van der Waals surface area (Å²) in [5.41, 5.74) is 8.33. The monoisotopic (exact) mass is 303 g/mol. The zero-order chi connectivity index (χ0) is 15.0. The van der Waals surface area contributed by atoms with Gasteiger partial charge in [-0.1, -0.05) is 11.6 Å². The SMILES string of the molecule is COc1ccc(-c2nc3c(OC)cccn3c2N)cc1Cl. The highest BCUT2D eigenvalue weighted by Gasteiger charge is 2.15. The molecule has 5 nitrogen and oxygen atoms in total. The van der Waals surface area contributed by atoms with Crippen molar-refractivity contribution in [3.63, 3.8) is 0 Å². The molecule has 0 saturated carbocycles.